The van der Waals surface area contributed by atoms with E-state index in [1.54, 1.807) is 13.1 Å². The van der Waals surface area contributed by atoms with Crippen molar-refractivity contribution >= 4 is 11.3 Å². The molecule has 29 heavy (non-hydrogen) atoms. The predicted molar refractivity (Wildman–Crippen MR) is 129 cm³/mol. The largest absolute Gasteiger partial charge is 0.507 e. The Labute approximate surface area is 177 Å². The van der Waals surface area contributed by atoms with Crippen molar-refractivity contribution in [1.82, 2.24) is 0 Å². The maximum Gasteiger partial charge on any atom is 0.124 e. The molecule has 2 heteroatoms. The second kappa shape index (κ2) is 12.6. The molecule has 1 atom stereocenters. The standard InChI is InChI=1S/C21H25NO.C6H10/c1-5-15(2)17-10-12-18(13-11-17)16(3)14-20(22-4)19-8-6-7-9-21(19)23;1-4-5-6(2)3/h6-15,23H,5H2,1-4H3;4-5H,2H2,1,3H3/b16-14+,22-20?;5-4-. The summed E-state index contributed by atoms with van der Waals surface area (Å²) in [5.74, 6) is 0.839. The molecule has 0 saturated heterocycles. The summed E-state index contributed by atoms with van der Waals surface area (Å²) in [6, 6.07) is 16.0. The van der Waals surface area contributed by atoms with E-state index >= 15 is 0 Å². The summed E-state index contributed by atoms with van der Waals surface area (Å²) in [5, 5.41) is 10.0. The molecule has 0 spiro atoms. The average molecular weight is 390 g/mol. The van der Waals surface area contributed by atoms with Crippen LogP contribution in [0.15, 0.2) is 83.9 Å². The monoisotopic (exact) mass is 389 g/mol. The van der Waals surface area contributed by atoms with Crippen LogP contribution in [0.3, 0.4) is 0 Å². The highest BCUT2D eigenvalue weighted by atomic mass is 16.3. The lowest BCUT2D eigenvalue weighted by atomic mass is 9.95. The van der Waals surface area contributed by atoms with Crippen LogP contribution in [0.4, 0.5) is 0 Å². The first-order valence-electron chi connectivity index (χ1n) is 10.2. The van der Waals surface area contributed by atoms with Gasteiger partial charge in [-0.05, 0) is 68.0 Å². The second-order valence-electron chi connectivity index (χ2n) is 7.23. The lowest BCUT2D eigenvalue weighted by Gasteiger charge is -2.10. The number of aromatic hydroxyl groups is 1. The van der Waals surface area contributed by atoms with Gasteiger partial charge in [0.25, 0.3) is 0 Å². The van der Waals surface area contributed by atoms with Crippen molar-refractivity contribution in [2.45, 2.75) is 47.0 Å². The van der Waals surface area contributed by atoms with E-state index in [1.807, 2.05) is 50.3 Å². The first kappa shape index (κ1) is 24.2. The number of aliphatic imine (C=N–C) groups is 1. The second-order valence-corrected chi connectivity index (χ2v) is 7.23. The fraction of sp³-hybridized carbons (Fsp3) is 0.296. The van der Waals surface area contributed by atoms with Gasteiger partial charge in [-0.2, -0.15) is 0 Å². The summed E-state index contributed by atoms with van der Waals surface area (Å²) in [7, 11) is 1.75. The molecule has 0 radical (unpaired) electrons. The number of para-hydroxylation sites is 1. The molecule has 2 rings (SSSR count). The molecule has 1 N–H and O–H groups in total. The highest BCUT2D eigenvalue weighted by Crippen LogP contribution is 2.23. The Bertz CT molecular complexity index is 870. The Morgan fingerprint density at radius 2 is 1.72 bits per heavy atom. The van der Waals surface area contributed by atoms with E-state index in [4.69, 9.17) is 0 Å². The van der Waals surface area contributed by atoms with Crippen molar-refractivity contribution in [3.63, 3.8) is 0 Å². The third kappa shape index (κ3) is 7.95. The zero-order chi connectivity index (χ0) is 21.8. The van der Waals surface area contributed by atoms with Crippen LogP contribution in [-0.2, 0) is 0 Å². The molecular formula is C27H35NO. The summed E-state index contributed by atoms with van der Waals surface area (Å²) in [6.07, 6.45) is 7.11. The van der Waals surface area contributed by atoms with E-state index < -0.39 is 0 Å². The van der Waals surface area contributed by atoms with Crippen LogP contribution < -0.4 is 0 Å². The smallest absolute Gasteiger partial charge is 0.124 e. The molecule has 0 aliphatic carbocycles. The van der Waals surface area contributed by atoms with Crippen LogP contribution in [0.25, 0.3) is 5.57 Å². The summed E-state index contributed by atoms with van der Waals surface area (Å²) >= 11 is 0. The molecule has 0 heterocycles. The number of hydrogen-bond acceptors (Lipinski definition) is 2. The number of rotatable bonds is 6. The molecule has 0 bridgehead atoms. The zero-order valence-electron chi connectivity index (χ0n) is 18.7. The Morgan fingerprint density at radius 1 is 1.10 bits per heavy atom. The van der Waals surface area contributed by atoms with Gasteiger partial charge in [-0.25, -0.2) is 0 Å². The maximum atomic E-state index is 10.0. The van der Waals surface area contributed by atoms with Crippen LogP contribution in [-0.4, -0.2) is 17.9 Å². The van der Waals surface area contributed by atoms with Gasteiger partial charge in [-0.15, -0.1) is 0 Å². The van der Waals surface area contributed by atoms with Crippen molar-refractivity contribution in [3.8, 4) is 5.75 Å². The SMILES string of the molecule is C=C(C)/C=C\C.CCC(C)c1ccc(/C(C)=C/C(=NC)c2ccccc2O)cc1. The zero-order valence-corrected chi connectivity index (χ0v) is 18.7. The summed E-state index contributed by atoms with van der Waals surface area (Å²) in [6.45, 7) is 14.1. The molecule has 0 aliphatic heterocycles. The number of allylic oxidation sites excluding steroid dienone is 5. The lowest BCUT2D eigenvalue weighted by Crippen LogP contribution is -1.98. The molecule has 0 aromatic heterocycles. The fourth-order valence-electron chi connectivity index (χ4n) is 2.84. The summed E-state index contributed by atoms with van der Waals surface area (Å²) in [4.78, 5) is 4.32. The molecule has 0 saturated carbocycles. The van der Waals surface area contributed by atoms with Crippen LogP contribution in [0, 0.1) is 0 Å². The number of phenols is 1. The van der Waals surface area contributed by atoms with E-state index in [-0.39, 0.29) is 5.75 Å². The van der Waals surface area contributed by atoms with Gasteiger partial charge in [0, 0.05) is 12.6 Å². The Kier molecular flexibility index (Phi) is 10.5. The molecule has 0 fully saturated rings. The maximum absolute atomic E-state index is 10.0. The van der Waals surface area contributed by atoms with Gasteiger partial charge in [-0.3, -0.25) is 4.99 Å². The van der Waals surface area contributed by atoms with E-state index in [0.717, 1.165) is 28.8 Å². The Balaban J connectivity index is 0.000000612. The average Bonchev–Trinajstić information content (AvgIpc) is 2.72. The van der Waals surface area contributed by atoms with Crippen LogP contribution in [0.5, 0.6) is 5.75 Å². The van der Waals surface area contributed by atoms with Gasteiger partial charge < -0.3 is 5.11 Å². The number of phenolic OH excluding ortho intramolecular Hbond substituents is 1. The highest BCUT2D eigenvalue weighted by molar-refractivity contribution is 6.13. The highest BCUT2D eigenvalue weighted by Gasteiger charge is 2.07. The van der Waals surface area contributed by atoms with Crippen LogP contribution in [0.2, 0.25) is 0 Å². The molecule has 0 amide bonds. The Hall–Kier alpha value is -2.87. The minimum Gasteiger partial charge on any atom is -0.507 e. The van der Waals surface area contributed by atoms with Crippen LogP contribution in [0.1, 0.15) is 63.6 Å². The van der Waals surface area contributed by atoms with E-state index in [1.165, 1.54) is 11.1 Å². The predicted octanol–water partition coefficient (Wildman–Crippen LogP) is 7.57. The first-order chi connectivity index (χ1) is 13.8. The molecule has 2 aromatic carbocycles. The van der Waals surface area contributed by atoms with Crippen molar-refractivity contribution in [3.05, 3.63) is 95.6 Å². The van der Waals surface area contributed by atoms with Gasteiger partial charge in [0.2, 0.25) is 0 Å². The quantitative estimate of drug-likeness (QED) is 0.401. The number of benzene rings is 2. The number of hydrogen-bond donors (Lipinski definition) is 1. The Morgan fingerprint density at radius 3 is 2.17 bits per heavy atom. The third-order valence-electron chi connectivity index (χ3n) is 4.77. The van der Waals surface area contributed by atoms with Gasteiger partial charge >= 0.3 is 0 Å². The van der Waals surface area contributed by atoms with Gasteiger partial charge in [0.05, 0.1) is 5.71 Å². The third-order valence-corrected chi connectivity index (χ3v) is 4.77. The van der Waals surface area contributed by atoms with Gasteiger partial charge in [0.1, 0.15) is 5.75 Å². The van der Waals surface area contributed by atoms with E-state index in [2.05, 4.69) is 56.6 Å². The van der Waals surface area contributed by atoms with E-state index in [0.29, 0.717) is 5.92 Å². The molecule has 2 aromatic rings. The summed E-state index contributed by atoms with van der Waals surface area (Å²) in [5.41, 5.74) is 6.32. The van der Waals surface area contributed by atoms with Crippen molar-refractivity contribution in [2.75, 3.05) is 7.05 Å². The molecular weight excluding hydrogens is 354 g/mol. The molecule has 154 valence electrons. The van der Waals surface area contributed by atoms with Crippen LogP contribution >= 0.6 is 0 Å². The van der Waals surface area contributed by atoms with Gasteiger partial charge in [-0.1, -0.05) is 74.5 Å². The normalized spacial score (nSPS) is 13.0. The van der Waals surface area contributed by atoms with E-state index in [9.17, 15) is 5.11 Å². The van der Waals surface area contributed by atoms with Crippen molar-refractivity contribution in [2.24, 2.45) is 4.99 Å². The fourth-order valence-corrected chi connectivity index (χ4v) is 2.84. The summed E-state index contributed by atoms with van der Waals surface area (Å²) < 4.78 is 0. The first-order valence-corrected chi connectivity index (χ1v) is 10.2. The number of nitrogens with zero attached hydrogens (tertiary/aromatic N) is 1. The minimum atomic E-state index is 0.254. The lowest BCUT2D eigenvalue weighted by molar-refractivity contribution is 0.474. The molecule has 1 unspecified atom stereocenters. The van der Waals surface area contributed by atoms with Crippen molar-refractivity contribution < 1.29 is 5.11 Å². The molecule has 2 nitrogen and oxygen atoms in total. The molecule has 0 aliphatic rings. The minimum absolute atomic E-state index is 0.254. The van der Waals surface area contributed by atoms with Gasteiger partial charge in [0.15, 0.2) is 0 Å². The topological polar surface area (TPSA) is 32.6 Å². The van der Waals surface area contributed by atoms with Crippen molar-refractivity contribution in [1.29, 1.82) is 0 Å².